The third-order valence-electron chi connectivity index (χ3n) is 2.47. The van der Waals surface area contributed by atoms with Crippen molar-refractivity contribution in [1.29, 1.82) is 0 Å². The third kappa shape index (κ3) is 5.89. The summed E-state index contributed by atoms with van der Waals surface area (Å²) < 4.78 is 5.39. The summed E-state index contributed by atoms with van der Waals surface area (Å²) in [6.07, 6.45) is 1.99. The minimum atomic E-state index is -0.422. The molecule has 0 saturated heterocycles. The van der Waals surface area contributed by atoms with Crippen LogP contribution in [0.3, 0.4) is 0 Å². The third-order valence-corrected chi connectivity index (χ3v) is 2.47. The van der Waals surface area contributed by atoms with Crippen LogP contribution in [0.15, 0.2) is 0 Å². The summed E-state index contributed by atoms with van der Waals surface area (Å²) in [5.41, 5.74) is 4.97. The van der Waals surface area contributed by atoms with E-state index < -0.39 is 5.60 Å². The number of rotatable bonds is 6. The van der Waals surface area contributed by atoms with Crippen molar-refractivity contribution in [2.75, 3.05) is 26.2 Å². The highest BCUT2D eigenvalue weighted by Crippen LogP contribution is 2.27. The molecular formula is C12H25N3O2. The molecule has 0 aliphatic heterocycles. The Hall–Kier alpha value is -0.810. The number of carbonyl (C=O) groups excluding carboxylic acids is 1. The van der Waals surface area contributed by atoms with Crippen LogP contribution in [0.5, 0.6) is 0 Å². The summed E-state index contributed by atoms with van der Waals surface area (Å²) in [6, 6.07) is 0.379. The average Bonchev–Trinajstić information content (AvgIpc) is 2.98. The highest BCUT2D eigenvalue weighted by Gasteiger charge is 2.34. The molecular weight excluding hydrogens is 218 g/mol. The largest absolute Gasteiger partial charge is 0.444 e. The number of carbonyl (C=O) groups is 1. The molecule has 0 radical (unpaired) electrons. The fraction of sp³-hybridized carbons (Fsp3) is 0.917. The van der Waals surface area contributed by atoms with Crippen LogP contribution in [0.25, 0.3) is 0 Å². The molecule has 1 aliphatic carbocycles. The van der Waals surface area contributed by atoms with Gasteiger partial charge in [0.15, 0.2) is 0 Å². The summed E-state index contributed by atoms with van der Waals surface area (Å²) in [7, 11) is 0. The van der Waals surface area contributed by atoms with Gasteiger partial charge in [-0.2, -0.15) is 0 Å². The van der Waals surface area contributed by atoms with Gasteiger partial charge in [0.2, 0.25) is 0 Å². The van der Waals surface area contributed by atoms with Crippen LogP contribution >= 0.6 is 0 Å². The Bertz CT molecular complexity index is 247. The maximum atomic E-state index is 12.0. The lowest BCUT2D eigenvalue weighted by molar-refractivity contribution is 0.0236. The quantitative estimate of drug-likeness (QED) is 0.681. The second-order valence-corrected chi connectivity index (χ2v) is 5.44. The van der Waals surface area contributed by atoms with Gasteiger partial charge in [-0.3, -0.25) is 0 Å². The summed E-state index contributed by atoms with van der Waals surface area (Å²) in [5.74, 6) is 0. The van der Waals surface area contributed by atoms with E-state index in [2.05, 4.69) is 5.32 Å². The summed E-state index contributed by atoms with van der Waals surface area (Å²) in [4.78, 5) is 13.8. The Morgan fingerprint density at radius 1 is 1.41 bits per heavy atom. The second kappa shape index (κ2) is 6.21. The number of nitrogens with two attached hydrogens (primary N) is 1. The highest BCUT2D eigenvalue weighted by molar-refractivity contribution is 5.69. The molecule has 0 bridgehead atoms. The zero-order chi connectivity index (χ0) is 12.9. The smallest absolute Gasteiger partial charge is 0.410 e. The van der Waals surface area contributed by atoms with Crippen molar-refractivity contribution < 1.29 is 9.53 Å². The zero-order valence-electron chi connectivity index (χ0n) is 11.2. The molecule has 5 heteroatoms. The number of nitrogens with one attached hydrogen (secondary N) is 1. The van der Waals surface area contributed by atoms with E-state index in [4.69, 9.17) is 10.5 Å². The van der Waals surface area contributed by atoms with Gasteiger partial charge in [-0.05, 0) is 33.6 Å². The number of hydrogen-bond acceptors (Lipinski definition) is 4. The van der Waals surface area contributed by atoms with Crippen LogP contribution in [0.1, 0.15) is 33.6 Å². The number of amides is 1. The van der Waals surface area contributed by atoms with E-state index in [1.807, 2.05) is 25.7 Å². The lowest BCUT2D eigenvalue weighted by atomic mass is 10.2. The molecule has 3 N–H and O–H groups in total. The minimum Gasteiger partial charge on any atom is -0.444 e. The van der Waals surface area contributed by atoms with Crippen LogP contribution in [0.4, 0.5) is 4.79 Å². The molecule has 100 valence electrons. The van der Waals surface area contributed by atoms with E-state index in [1.54, 1.807) is 0 Å². The minimum absolute atomic E-state index is 0.199. The van der Waals surface area contributed by atoms with Crippen LogP contribution in [-0.4, -0.2) is 48.8 Å². The Labute approximate surface area is 104 Å². The van der Waals surface area contributed by atoms with Crippen LogP contribution in [0.2, 0.25) is 0 Å². The predicted molar refractivity (Wildman–Crippen MR) is 67.9 cm³/mol. The summed E-state index contributed by atoms with van der Waals surface area (Å²) >= 11 is 0. The standard InChI is InChI=1S/C12H25N3O2/c1-12(2,3)17-11(16)15(10-4-5-10)9-8-14-7-6-13/h10,14H,4-9,13H2,1-3H3. The van der Waals surface area contributed by atoms with Crippen molar-refractivity contribution >= 4 is 6.09 Å². The second-order valence-electron chi connectivity index (χ2n) is 5.44. The SMILES string of the molecule is CC(C)(C)OC(=O)N(CCNCCN)C1CC1. The van der Waals surface area contributed by atoms with Crippen LogP contribution in [0, 0.1) is 0 Å². The molecule has 0 aromatic heterocycles. The molecule has 0 unspecified atom stereocenters. The van der Waals surface area contributed by atoms with Gasteiger partial charge in [0.1, 0.15) is 5.60 Å². The van der Waals surface area contributed by atoms with Gasteiger partial charge in [0.05, 0.1) is 0 Å². The Kier molecular flexibility index (Phi) is 5.21. The van der Waals surface area contributed by atoms with Crippen LogP contribution in [-0.2, 0) is 4.74 Å². The Balaban J connectivity index is 2.34. The van der Waals surface area contributed by atoms with Gasteiger partial charge in [-0.15, -0.1) is 0 Å². The number of ether oxygens (including phenoxy) is 1. The first-order valence-corrected chi connectivity index (χ1v) is 6.34. The Morgan fingerprint density at radius 3 is 2.53 bits per heavy atom. The van der Waals surface area contributed by atoms with Crippen molar-refractivity contribution in [2.45, 2.75) is 45.3 Å². The van der Waals surface area contributed by atoms with E-state index in [1.165, 1.54) is 0 Å². The molecule has 1 rings (SSSR count). The molecule has 1 fully saturated rings. The molecule has 1 aliphatic rings. The van der Waals surface area contributed by atoms with Crippen molar-refractivity contribution in [3.63, 3.8) is 0 Å². The van der Waals surface area contributed by atoms with Crippen molar-refractivity contribution in [2.24, 2.45) is 5.73 Å². The maximum Gasteiger partial charge on any atom is 0.410 e. The van der Waals surface area contributed by atoms with Gasteiger partial charge >= 0.3 is 6.09 Å². The molecule has 1 amide bonds. The predicted octanol–water partition coefficient (Wildman–Crippen LogP) is 0.934. The molecule has 0 atom stereocenters. The molecule has 17 heavy (non-hydrogen) atoms. The van der Waals surface area contributed by atoms with Crippen LogP contribution < -0.4 is 11.1 Å². The topological polar surface area (TPSA) is 67.6 Å². The summed E-state index contributed by atoms with van der Waals surface area (Å²) in [5, 5.41) is 3.19. The Morgan fingerprint density at radius 2 is 2.06 bits per heavy atom. The van der Waals surface area contributed by atoms with E-state index in [0.717, 1.165) is 25.9 Å². The molecule has 0 aromatic rings. The van der Waals surface area contributed by atoms with Gasteiger partial charge in [-0.1, -0.05) is 0 Å². The maximum absolute atomic E-state index is 12.0. The van der Waals surface area contributed by atoms with Crippen molar-refractivity contribution in [3.8, 4) is 0 Å². The lowest BCUT2D eigenvalue weighted by Crippen LogP contribution is -2.42. The fourth-order valence-electron chi connectivity index (χ4n) is 1.56. The van der Waals surface area contributed by atoms with Crippen molar-refractivity contribution in [3.05, 3.63) is 0 Å². The van der Waals surface area contributed by atoms with Gasteiger partial charge in [0, 0.05) is 32.2 Å². The number of hydrogen-bond donors (Lipinski definition) is 2. The summed E-state index contributed by atoms with van der Waals surface area (Å²) in [6.45, 7) is 8.54. The van der Waals surface area contributed by atoms with E-state index in [9.17, 15) is 4.79 Å². The lowest BCUT2D eigenvalue weighted by Gasteiger charge is -2.27. The van der Waals surface area contributed by atoms with E-state index in [0.29, 0.717) is 19.1 Å². The normalized spacial score (nSPS) is 15.8. The number of nitrogens with zero attached hydrogens (tertiary/aromatic N) is 1. The monoisotopic (exact) mass is 243 g/mol. The first kappa shape index (κ1) is 14.3. The first-order chi connectivity index (χ1) is 7.94. The van der Waals surface area contributed by atoms with E-state index >= 15 is 0 Å². The molecule has 5 nitrogen and oxygen atoms in total. The van der Waals surface area contributed by atoms with Gasteiger partial charge in [0.25, 0.3) is 0 Å². The van der Waals surface area contributed by atoms with Gasteiger partial charge < -0.3 is 20.7 Å². The molecule has 0 aromatic carbocycles. The highest BCUT2D eigenvalue weighted by atomic mass is 16.6. The zero-order valence-corrected chi connectivity index (χ0v) is 11.2. The van der Waals surface area contributed by atoms with E-state index in [-0.39, 0.29) is 6.09 Å². The molecule has 0 heterocycles. The first-order valence-electron chi connectivity index (χ1n) is 6.34. The van der Waals surface area contributed by atoms with Crippen molar-refractivity contribution in [1.82, 2.24) is 10.2 Å². The average molecular weight is 243 g/mol. The fourth-order valence-corrected chi connectivity index (χ4v) is 1.56. The van der Waals surface area contributed by atoms with Gasteiger partial charge in [-0.25, -0.2) is 4.79 Å². The molecule has 0 spiro atoms. The molecule has 1 saturated carbocycles.